The lowest BCUT2D eigenvalue weighted by Gasteiger charge is -2.21. The van der Waals surface area contributed by atoms with Gasteiger partial charge in [-0.3, -0.25) is 0 Å². The summed E-state index contributed by atoms with van der Waals surface area (Å²) >= 11 is 0. The first-order chi connectivity index (χ1) is 8.25. The molecule has 1 aliphatic rings. The van der Waals surface area contributed by atoms with Crippen LogP contribution in [0, 0.1) is 11.7 Å². The van der Waals surface area contributed by atoms with Gasteiger partial charge < -0.3 is 9.73 Å². The highest BCUT2D eigenvalue weighted by Gasteiger charge is 2.18. The third-order valence-electron chi connectivity index (χ3n) is 3.27. The van der Waals surface area contributed by atoms with Crippen LogP contribution in [-0.4, -0.2) is 13.1 Å². The molecule has 0 saturated carbocycles. The standard InChI is InChI=1S/C14H14FNO/c1-9-8-16-4-2-12(9)13-7-11(15)6-10-3-5-17-14(10)13/h2-3,5-7,9,16H,4,8H2,1H3. The van der Waals surface area contributed by atoms with E-state index in [2.05, 4.69) is 18.3 Å². The fourth-order valence-corrected chi connectivity index (χ4v) is 2.43. The minimum atomic E-state index is -0.208. The predicted octanol–water partition coefficient (Wildman–Crippen LogP) is 3.19. The predicted molar refractivity (Wildman–Crippen MR) is 66.2 cm³/mol. The van der Waals surface area contributed by atoms with Crippen LogP contribution in [-0.2, 0) is 0 Å². The smallest absolute Gasteiger partial charge is 0.141 e. The SMILES string of the molecule is CC1CNCC=C1c1cc(F)cc2ccoc12. The molecule has 2 aromatic rings. The van der Waals surface area contributed by atoms with E-state index in [1.54, 1.807) is 18.4 Å². The molecule has 1 aromatic carbocycles. The molecule has 2 nitrogen and oxygen atoms in total. The van der Waals surface area contributed by atoms with Gasteiger partial charge in [0.1, 0.15) is 11.4 Å². The zero-order chi connectivity index (χ0) is 11.8. The molecule has 2 heterocycles. The van der Waals surface area contributed by atoms with E-state index in [0.29, 0.717) is 5.92 Å². The zero-order valence-electron chi connectivity index (χ0n) is 9.66. The Balaban J connectivity index is 2.22. The quantitative estimate of drug-likeness (QED) is 0.815. The van der Waals surface area contributed by atoms with Crippen molar-refractivity contribution in [3.8, 4) is 0 Å². The van der Waals surface area contributed by atoms with E-state index >= 15 is 0 Å². The summed E-state index contributed by atoms with van der Waals surface area (Å²) in [5, 5.41) is 4.12. The fourth-order valence-electron chi connectivity index (χ4n) is 2.43. The maximum absolute atomic E-state index is 13.6. The van der Waals surface area contributed by atoms with Crippen molar-refractivity contribution < 1.29 is 8.81 Å². The molecule has 0 aliphatic carbocycles. The highest BCUT2D eigenvalue weighted by Crippen LogP contribution is 2.32. The van der Waals surface area contributed by atoms with Crippen molar-refractivity contribution in [1.82, 2.24) is 5.32 Å². The molecule has 0 amide bonds. The maximum atomic E-state index is 13.6. The number of hydrogen-bond donors (Lipinski definition) is 1. The molecule has 0 saturated heterocycles. The van der Waals surface area contributed by atoms with Crippen molar-refractivity contribution in [2.45, 2.75) is 6.92 Å². The second-order valence-corrected chi connectivity index (χ2v) is 4.51. The first kappa shape index (κ1) is 10.5. The van der Waals surface area contributed by atoms with Gasteiger partial charge in [-0.25, -0.2) is 4.39 Å². The number of rotatable bonds is 1. The summed E-state index contributed by atoms with van der Waals surface area (Å²) in [5.74, 6) is 0.166. The molecule has 1 unspecified atom stereocenters. The lowest BCUT2D eigenvalue weighted by atomic mass is 9.90. The number of benzene rings is 1. The van der Waals surface area contributed by atoms with Gasteiger partial charge in [0.05, 0.1) is 6.26 Å². The summed E-state index contributed by atoms with van der Waals surface area (Å²) in [6.45, 7) is 3.89. The fraction of sp³-hybridized carbons (Fsp3) is 0.286. The Morgan fingerprint density at radius 3 is 3.12 bits per heavy atom. The van der Waals surface area contributed by atoms with Crippen LogP contribution in [0.4, 0.5) is 4.39 Å². The van der Waals surface area contributed by atoms with Crippen LogP contribution in [0.25, 0.3) is 16.5 Å². The molecule has 0 spiro atoms. The van der Waals surface area contributed by atoms with Crippen molar-refractivity contribution in [3.63, 3.8) is 0 Å². The van der Waals surface area contributed by atoms with Crippen LogP contribution in [0.3, 0.4) is 0 Å². The number of furan rings is 1. The van der Waals surface area contributed by atoms with E-state index in [1.807, 2.05) is 0 Å². The zero-order valence-corrected chi connectivity index (χ0v) is 9.66. The van der Waals surface area contributed by atoms with E-state index in [0.717, 1.165) is 29.6 Å². The summed E-state index contributed by atoms with van der Waals surface area (Å²) in [6, 6.07) is 4.88. The molecule has 0 fully saturated rings. The Morgan fingerprint density at radius 1 is 1.41 bits per heavy atom. The second-order valence-electron chi connectivity index (χ2n) is 4.51. The minimum absolute atomic E-state index is 0.208. The molecule has 88 valence electrons. The Bertz CT molecular complexity index is 585. The molecule has 3 rings (SSSR count). The average molecular weight is 231 g/mol. The van der Waals surface area contributed by atoms with E-state index in [9.17, 15) is 4.39 Å². The maximum Gasteiger partial charge on any atom is 0.141 e. The number of nitrogens with one attached hydrogen (secondary N) is 1. The molecule has 1 N–H and O–H groups in total. The van der Waals surface area contributed by atoms with Gasteiger partial charge in [-0.05, 0) is 29.7 Å². The van der Waals surface area contributed by atoms with Gasteiger partial charge in [-0.15, -0.1) is 0 Å². The summed E-state index contributed by atoms with van der Waals surface area (Å²) < 4.78 is 19.0. The van der Waals surface area contributed by atoms with E-state index < -0.39 is 0 Å². The van der Waals surface area contributed by atoms with Gasteiger partial charge in [0.15, 0.2) is 0 Å². The molecule has 0 bridgehead atoms. The summed E-state index contributed by atoms with van der Waals surface area (Å²) in [6.07, 6.45) is 3.73. The van der Waals surface area contributed by atoms with Gasteiger partial charge in [0.25, 0.3) is 0 Å². The Morgan fingerprint density at radius 2 is 2.29 bits per heavy atom. The Kier molecular flexibility index (Phi) is 2.48. The van der Waals surface area contributed by atoms with E-state index in [4.69, 9.17) is 4.42 Å². The van der Waals surface area contributed by atoms with Crippen LogP contribution in [0.2, 0.25) is 0 Å². The molecule has 1 aromatic heterocycles. The lowest BCUT2D eigenvalue weighted by Crippen LogP contribution is -2.27. The summed E-state index contributed by atoms with van der Waals surface area (Å²) in [5.41, 5.74) is 2.84. The molecule has 1 atom stereocenters. The minimum Gasteiger partial charge on any atom is -0.464 e. The van der Waals surface area contributed by atoms with Crippen LogP contribution in [0.5, 0.6) is 0 Å². The van der Waals surface area contributed by atoms with Crippen molar-refractivity contribution in [1.29, 1.82) is 0 Å². The van der Waals surface area contributed by atoms with Gasteiger partial charge in [-0.1, -0.05) is 13.0 Å². The third kappa shape index (κ3) is 1.76. The third-order valence-corrected chi connectivity index (χ3v) is 3.27. The second kappa shape index (κ2) is 4.00. The van der Waals surface area contributed by atoms with Crippen LogP contribution in [0.1, 0.15) is 12.5 Å². The highest BCUT2D eigenvalue weighted by molar-refractivity contribution is 5.90. The first-order valence-corrected chi connectivity index (χ1v) is 5.83. The number of halogens is 1. The summed E-state index contributed by atoms with van der Waals surface area (Å²) in [7, 11) is 0. The highest BCUT2D eigenvalue weighted by atomic mass is 19.1. The van der Waals surface area contributed by atoms with Crippen LogP contribution >= 0.6 is 0 Å². The lowest BCUT2D eigenvalue weighted by molar-refractivity contribution is 0.596. The largest absolute Gasteiger partial charge is 0.464 e. The summed E-state index contributed by atoms with van der Waals surface area (Å²) in [4.78, 5) is 0. The molecular formula is C14H14FNO. The van der Waals surface area contributed by atoms with Gasteiger partial charge in [-0.2, -0.15) is 0 Å². The Labute approximate surface area is 99.1 Å². The van der Waals surface area contributed by atoms with Gasteiger partial charge in [0, 0.05) is 24.0 Å². The van der Waals surface area contributed by atoms with Crippen LogP contribution in [0.15, 0.2) is 35.0 Å². The van der Waals surface area contributed by atoms with Gasteiger partial charge in [0.2, 0.25) is 0 Å². The van der Waals surface area contributed by atoms with Crippen molar-refractivity contribution in [2.24, 2.45) is 5.92 Å². The van der Waals surface area contributed by atoms with E-state index in [-0.39, 0.29) is 5.82 Å². The number of hydrogen-bond acceptors (Lipinski definition) is 2. The van der Waals surface area contributed by atoms with Crippen molar-refractivity contribution >= 4 is 16.5 Å². The molecule has 0 radical (unpaired) electrons. The Hall–Kier alpha value is -1.61. The van der Waals surface area contributed by atoms with E-state index in [1.165, 1.54) is 11.6 Å². The average Bonchev–Trinajstić information content (AvgIpc) is 2.76. The molecule has 1 aliphatic heterocycles. The van der Waals surface area contributed by atoms with Crippen molar-refractivity contribution in [2.75, 3.05) is 13.1 Å². The molecule has 3 heteroatoms. The first-order valence-electron chi connectivity index (χ1n) is 5.83. The monoisotopic (exact) mass is 231 g/mol. The van der Waals surface area contributed by atoms with Crippen molar-refractivity contribution in [3.05, 3.63) is 41.9 Å². The number of fused-ring (bicyclic) bond motifs is 1. The normalized spacial score (nSPS) is 20.6. The molecule has 17 heavy (non-hydrogen) atoms. The topological polar surface area (TPSA) is 25.2 Å². The molecular weight excluding hydrogens is 217 g/mol. The van der Waals surface area contributed by atoms with Gasteiger partial charge >= 0.3 is 0 Å². The van der Waals surface area contributed by atoms with Crippen LogP contribution < -0.4 is 5.32 Å².